The third-order valence-electron chi connectivity index (χ3n) is 3.93. The standard InChI is InChI=1S/C13H26N2O/c1-11(2)15-6-7-16-13(10-15)9-14-8-12-4-3-5-12/h11-14H,3-10H2,1-2H3. The lowest BCUT2D eigenvalue weighted by Crippen LogP contribution is -2.49. The third kappa shape index (κ3) is 3.44. The minimum absolute atomic E-state index is 0.399. The molecule has 0 spiro atoms. The predicted octanol–water partition coefficient (Wildman–Crippen LogP) is 1.49. The predicted molar refractivity (Wildman–Crippen MR) is 66.7 cm³/mol. The molecule has 3 nitrogen and oxygen atoms in total. The van der Waals surface area contributed by atoms with E-state index in [4.69, 9.17) is 4.74 Å². The van der Waals surface area contributed by atoms with Crippen LogP contribution in [0.25, 0.3) is 0 Å². The first kappa shape index (κ1) is 12.3. The van der Waals surface area contributed by atoms with E-state index in [9.17, 15) is 0 Å². The Kier molecular flexibility index (Phi) is 4.62. The van der Waals surface area contributed by atoms with Gasteiger partial charge in [-0.3, -0.25) is 4.90 Å². The molecule has 1 heterocycles. The fraction of sp³-hybridized carbons (Fsp3) is 1.00. The van der Waals surface area contributed by atoms with Gasteiger partial charge in [0.25, 0.3) is 0 Å². The SMILES string of the molecule is CC(C)N1CCOC(CNCC2CCC2)C1. The maximum absolute atomic E-state index is 5.79. The molecule has 0 radical (unpaired) electrons. The Hall–Kier alpha value is -0.120. The number of hydrogen-bond acceptors (Lipinski definition) is 3. The fourth-order valence-electron chi connectivity index (χ4n) is 2.48. The van der Waals surface area contributed by atoms with E-state index in [-0.39, 0.29) is 0 Å². The summed E-state index contributed by atoms with van der Waals surface area (Å²) in [7, 11) is 0. The molecule has 2 rings (SSSR count). The second-order valence-corrected chi connectivity index (χ2v) is 5.54. The largest absolute Gasteiger partial charge is 0.374 e. The molecule has 1 aliphatic heterocycles. The molecule has 3 heteroatoms. The molecule has 16 heavy (non-hydrogen) atoms. The summed E-state index contributed by atoms with van der Waals surface area (Å²) in [5.74, 6) is 0.949. The number of rotatable bonds is 5. The van der Waals surface area contributed by atoms with E-state index in [1.165, 1.54) is 25.8 Å². The molecule has 2 fully saturated rings. The maximum atomic E-state index is 5.79. The van der Waals surface area contributed by atoms with Gasteiger partial charge in [0, 0.05) is 25.7 Å². The zero-order valence-corrected chi connectivity index (χ0v) is 10.7. The second-order valence-electron chi connectivity index (χ2n) is 5.54. The Morgan fingerprint density at radius 3 is 2.75 bits per heavy atom. The average Bonchev–Trinajstić information content (AvgIpc) is 2.22. The highest BCUT2D eigenvalue weighted by molar-refractivity contribution is 4.77. The number of morpholine rings is 1. The van der Waals surface area contributed by atoms with Crippen molar-refractivity contribution in [3.8, 4) is 0 Å². The van der Waals surface area contributed by atoms with Crippen molar-refractivity contribution in [1.82, 2.24) is 10.2 Å². The van der Waals surface area contributed by atoms with Crippen LogP contribution in [0.5, 0.6) is 0 Å². The quantitative estimate of drug-likeness (QED) is 0.768. The minimum atomic E-state index is 0.399. The van der Waals surface area contributed by atoms with Gasteiger partial charge < -0.3 is 10.1 Å². The Morgan fingerprint density at radius 2 is 2.12 bits per heavy atom. The normalized spacial score (nSPS) is 28.3. The minimum Gasteiger partial charge on any atom is -0.374 e. The van der Waals surface area contributed by atoms with Crippen molar-refractivity contribution < 1.29 is 4.74 Å². The van der Waals surface area contributed by atoms with Crippen LogP contribution in [-0.2, 0) is 4.74 Å². The van der Waals surface area contributed by atoms with Crippen molar-refractivity contribution >= 4 is 0 Å². The van der Waals surface area contributed by atoms with Crippen LogP contribution in [0.4, 0.5) is 0 Å². The number of ether oxygens (including phenoxy) is 1. The molecular weight excluding hydrogens is 200 g/mol. The molecule has 0 amide bonds. The van der Waals surface area contributed by atoms with Gasteiger partial charge in [-0.25, -0.2) is 0 Å². The molecule has 0 aromatic heterocycles. The van der Waals surface area contributed by atoms with Gasteiger partial charge >= 0.3 is 0 Å². The van der Waals surface area contributed by atoms with Crippen molar-refractivity contribution in [1.29, 1.82) is 0 Å². The van der Waals surface area contributed by atoms with Gasteiger partial charge in [0.1, 0.15) is 0 Å². The molecule has 2 aliphatic rings. The molecule has 1 saturated carbocycles. The Morgan fingerprint density at radius 1 is 1.31 bits per heavy atom. The highest BCUT2D eigenvalue weighted by atomic mass is 16.5. The van der Waals surface area contributed by atoms with Crippen molar-refractivity contribution in [2.75, 3.05) is 32.8 Å². The molecular formula is C13H26N2O. The second kappa shape index (κ2) is 5.99. The molecule has 1 unspecified atom stereocenters. The Balaban J connectivity index is 1.60. The summed E-state index contributed by atoms with van der Waals surface area (Å²) in [6, 6.07) is 0.651. The average molecular weight is 226 g/mol. The molecule has 1 atom stereocenters. The van der Waals surface area contributed by atoms with E-state index >= 15 is 0 Å². The van der Waals surface area contributed by atoms with Crippen molar-refractivity contribution in [3.05, 3.63) is 0 Å². The summed E-state index contributed by atoms with van der Waals surface area (Å²) in [6.07, 6.45) is 4.69. The molecule has 1 saturated heterocycles. The lowest BCUT2D eigenvalue weighted by atomic mass is 9.85. The van der Waals surface area contributed by atoms with Gasteiger partial charge in [0.15, 0.2) is 0 Å². The van der Waals surface area contributed by atoms with E-state index < -0.39 is 0 Å². The van der Waals surface area contributed by atoms with Crippen LogP contribution < -0.4 is 5.32 Å². The summed E-state index contributed by atoms with van der Waals surface area (Å²) in [6.45, 7) is 9.84. The first-order valence-corrected chi connectivity index (χ1v) is 6.82. The summed E-state index contributed by atoms with van der Waals surface area (Å²) in [5.41, 5.74) is 0. The molecule has 1 N–H and O–H groups in total. The van der Waals surface area contributed by atoms with Crippen LogP contribution in [0.2, 0.25) is 0 Å². The molecule has 94 valence electrons. The number of nitrogens with one attached hydrogen (secondary N) is 1. The van der Waals surface area contributed by atoms with Gasteiger partial charge in [-0.2, -0.15) is 0 Å². The molecule has 0 aromatic carbocycles. The highest BCUT2D eigenvalue weighted by Crippen LogP contribution is 2.25. The molecule has 0 aromatic rings. The van der Waals surface area contributed by atoms with Crippen molar-refractivity contribution in [3.63, 3.8) is 0 Å². The zero-order chi connectivity index (χ0) is 11.4. The third-order valence-corrected chi connectivity index (χ3v) is 3.93. The van der Waals surface area contributed by atoms with E-state index in [1.54, 1.807) is 0 Å². The molecule has 1 aliphatic carbocycles. The monoisotopic (exact) mass is 226 g/mol. The highest BCUT2D eigenvalue weighted by Gasteiger charge is 2.22. The van der Waals surface area contributed by atoms with Crippen LogP contribution in [0, 0.1) is 5.92 Å². The topological polar surface area (TPSA) is 24.5 Å². The van der Waals surface area contributed by atoms with Gasteiger partial charge in [-0.05, 0) is 39.2 Å². The summed E-state index contributed by atoms with van der Waals surface area (Å²) in [5, 5.41) is 3.56. The Labute approximate surface area is 99.5 Å². The zero-order valence-electron chi connectivity index (χ0n) is 10.7. The molecule has 0 bridgehead atoms. The maximum Gasteiger partial charge on any atom is 0.0826 e. The summed E-state index contributed by atoms with van der Waals surface area (Å²) in [4.78, 5) is 2.51. The van der Waals surface area contributed by atoms with Gasteiger partial charge in [0.05, 0.1) is 12.7 Å². The summed E-state index contributed by atoms with van der Waals surface area (Å²) >= 11 is 0. The van der Waals surface area contributed by atoms with Crippen LogP contribution in [0.3, 0.4) is 0 Å². The fourth-order valence-corrected chi connectivity index (χ4v) is 2.48. The lowest BCUT2D eigenvalue weighted by molar-refractivity contribution is -0.0376. The van der Waals surface area contributed by atoms with E-state index in [1.807, 2.05) is 0 Å². The van der Waals surface area contributed by atoms with E-state index in [2.05, 4.69) is 24.1 Å². The van der Waals surface area contributed by atoms with E-state index in [0.29, 0.717) is 12.1 Å². The van der Waals surface area contributed by atoms with Gasteiger partial charge in [-0.1, -0.05) is 6.42 Å². The lowest BCUT2D eigenvalue weighted by Gasteiger charge is -2.36. The van der Waals surface area contributed by atoms with Gasteiger partial charge in [-0.15, -0.1) is 0 Å². The first-order chi connectivity index (χ1) is 7.75. The van der Waals surface area contributed by atoms with Crippen LogP contribution in [-0.4, -0.2) is 49.8 Å². The smallest absolute Gasteiger partial charge is 0.0826 e. The van der Waals surface area contributed by atoms with Crippen LogP contribution in [0.15, 0.2) is 0 Å². The van der Waals surface area contributed by atoms with Crippen LogP contribution in [0.1, 0.15) is 33.1 Å². The van der Waals surface area contributed by atoms with E-state index in [0.717, 1.165) is 32.2 Å². The van der Waals surface area contributed by atoms with Gasteiger partial charge in [0.2, 0.25) is 0 Å². The van der Waals surface area contributed by atoms with Crippen molar-refractivity contribution in [2.24, 2.45) is 5.92 Å². The van der Waals surface area contributed by atoms with Crippen molar-refractivity contribution in [2.45, 2.75) is 45.3 Å². The Bertz CT molecular complexity index is 204. The van der Waals surface area contributed by atoms with Crippen LogP contribution >= 0.6 is 0 Å². The number of hydrogen-bond donors (Lipinski definition) is 1. The number of nitrogens with zero attached hydrogens (tertiary/aromatic N) is 1. The summed E-state index contributed by atoms with van der Waals surface area (Å²) < 4.78 is 5.79. The first-order valence-electron chi connectivity index (χ1n) is 6.82.